The van der Waals surface area contributed by atoms with Crippen LogP contribution in [0.5, 0.6) is 5.75 Å². The molecule has 1 unspecified atom stereocenters. The summed E-state index contributed by atoms with van der Waals surface area (Å²) >= 11 is 0. The van der Waals surface area contributed by atoms with Gasteiger partial charge in [-0.1, -0.05) is 63.1 Å². The molecule has 4 fully saturated rings. The van der Waals surface area contributed by atoms with Crippen molar-refractivity contribution in [1.82, 2.24) is 40.4 Å². The second-order valence-corrected chi connectivity index (χ2v) is 19.9. The maximum atomic E-state index is 14.7. The highest BCUT2D eigenvalue weighted by Gasteiger charge is 2.41. The molecule has 4 atom stereocenters. The molecule has 6 aliphatic rings. The Labute approximate surface area is 391 Å². The van der Waals surface area contributed by atoms with Crippen LogP contribution in [-0.4, -0.2) is 79.8 Å². The molecular weight excluding hydrogens is 845 g/mol. The van der Waals surface area contributed by atoms with Crippen LogP contribution in [0.1, 0.15) is 142 Å². The number of ether oxygens (including phenoxy) is 2. The van der Waals surface area contributed by atoms with Gasteiger partial charge in [0, 0.05) is 30.1 Å². The molecule has 4 amide bonds. The lowest BCUT2D eigenvalue weighted by molar-refractivity contribution is -0.138. The Morgan fingerprint density at radius 1 is 0.776 bits per heavy atom. The minimum atomic E-state index is -0.734. The second-order valence-electron chi connectivity index (χ2n) is 19.9. The number of nitrogens with zero attached hydrogens (tertiary/aromatic N) is 4. The number of hydrogen-bond acceptors (Lipinski definition) is 8. The first-order valence-electron chi connectivity index (χ1n) is 24.5. The number of H-pyrrole nitrogens is 2. The van der Waals surface area contributed by atoms with E-state index in [2.05, 4.69) is 69.1 Å². The molecule has 3 aromatic carbocycles. The van der Waals surface area contributed by atoms with Crippen molar-refractivity contribution in [3.63, 3.8) is 0 Å². The van der Waals surface area contributed by atoms with Crippen LogP contribution in [0.15, 0.2) is 60.8 Å². The van der Waals surface area contributed by atoms with Crippen LogP contribution in [0.3, 0.4) is 0 Å². The Bertz CT molecular complexity index is 2750. The van der Waals surface area contributed by atoms with Crippen molar-refractivity contribution in [3.05, 3.63) is 100 Å². The summed E-state index contributed by atoms with van der Waals surface area (Å²) in [6, 6.07) is 17.4. The van der Waals surface area contributed by atoms with Crippen LogP contribution in [-0.2, 0) is 38.6 Å². The fourth-order valence-corrected chi connectivity index (χ4v) is 11.4. The molecule has 5 heterocycles. The summed E-state index contributed by atoms with van der Waals surface area (Å²) in [7, 11) is 1.30. The van der Waals surface area contributed by atoms with E-state index in [0.717, 1.165) is 119 Å². The van der Waals surface area contributed by atoms with E-state index in [1.165, 1.54) is 43.9 Å². The molecule has 2 saturated heterocycles. The molecule has 348 valence electrons. The zero-order chi connectivity index (χ0) is 45.9. The van der Waals surface area contributed by atoms with Gasteiger partial charge in [-0.05, 0) is 128 Å². The van der Waals surface area contributed by atoms with E-state index in [4.69, 9.17) is 19.4 Å². The zero-order valence-electron chi connectivity index (χ0n) is 38.7. The third-order valence-electron chi connectivity index (χ3n) is 15.2. The van der Waals surface area contributed by atoms with E-state index < -0.39 is 18.2 Å². The Kier molecular flexibility index (Phi) is 11.4. The Morgan fingerprint density at radius 2 is 1.55 bits per heavy atom. The minimum Gasteiger partial charge on any atom is -0.488 e. The highest BCUT2D eigenvalue weighted by Crippen LogP contribution is 2.46. The molecule has 2 saturated carbocycles. The molecule has 2 aromatic heterocycles. The van der Waals surface area contributed by atoms with Crippen molar-refractivity contribution < 1.29 is 28.7 Å². The maximum absolute atomic E-state index is 14.7. The summed E-state index contributed by atoms with van der Waals surface area (Å²) < 4.78 is 11.3. The fraction of sp³-hybridized carbons (Fsp3) is 0.472. The third kappa shape index (κ3) is 8.15. The van der Waals surface area contributed by atoms with Gasteiger partial charge in [0.2, 0.25) is 17.7 Å². The highest BCUT2D eigenvalue weighted by atomic mass is 16.5. The van der Waals surface area contributed by atoms with Gasteiger partial charge in [0.15, 0.2) is 0 Å². The second kappa shape index (κ2) is 17.7. The van der Waals surface area contributed by atoms with Gasteiger partial charge in [-0.2, -0.15) is 0 Å². The van der Waals surface area contributed by atoms with Crippen LogP contribution >= 0.6 is 0 Å². The van der Waals surface area contributed by atoms with E-state index >= 15 is 0 Å². The number of nitrogens with one attached hydrogen (secondary N) is 4. The lowest BCUT2D eigenvalue weighted by Crippen LogP contribution is -2.51. The molecule has 67 heavy (non-hydrogen) atoms. The summed E-state index contributed by atoms with van der Waals surface area (Å²) in [4.78, 5) is 74.8. The van der Waals surface area contributed by atoms with Crippen LogP contribution in [0.2, 0.25) is 0 Å². The third-order valence-corrected chi connectivity index (χ3v) is 15.2. The predicted octanol–water partition coefficient (Wildman–Crippen LogP) is 8.76. The van der Waals surface area contributed by atoms with Crippen LogP contribution in [0.25, 0.3) is 33.6 Å². The summed E-state index contributed by atoms with van der Waals surface area (Å²) in [6.07, 6.45) is 12.7. The van der Waals surface area contributed by atoms with Crippen molar-refractivity contribution in [2.45, 2.75) is 128 Å². The molecular formula is C53H60N8O6. The number of hydrogen-bond donors (Lipinski definition) is 4. The average molecular weight is 905 g/mol. The summed E-state index contributed by atoms with van der Waals surface area (Å²) in [5, 5.41) is 5.92. The Morgan fingerprint density at radius 3 is 2.31 bits per heavy atom. The van der Waals surface area contributed by atoms with E-state index in [9.17, 15) is 19.2 Å². The summed E-state index contributed by atoms with van der Waals surface area (Å²) in [5.74, 6) is 2.51. The number of aromatic nitrogens is 4. The molecule has 0 bridgehead atoms. The first kappa shape index (κ1) is 43.1. The largest absolute Gasteiger partial charge is 0.488 e. The van der Waals surface area contributed by atoms with Crippen LogP contribution in [0.4, 0.5) is 4.79 Å². The van der Waals surface area contributed by atoms with Crippen LogP contribution in [0, 0.1) is 11.8 Å². The van der Waals surface area contributed by atoms with Gasteiger partial charge in [0.05, 0.1) is 42.5 Å². The molecule has 3 aliphatic carbocycles. The van der Waals surface area contributed by atoms with Gasteiger partial charge < -0.3 is 39.9 Å². The van der Waals surface area contributed by atoms with Crippen molar-refractivity contribution in [2.75, 3.05) is 20.2 Å². The van der Waals surface area contributed by atoms with Gasteiger partial charge in [0.1, 0.15) is 36.1 Å². The number of likely N-dealkylation sites (tertiary alicyclic amines) is 2. The van der Waals surface area contributed by atoms with Crippen LogP contribution < -0.4 is 15.4 Å². The molecule has 4 N–H and O–H groups in total. The number of aryl methyl sites for hydroxylation is 2. The number of methoxy groups -OCH3 is 1. The van der Waals surface area contributed by atoms with Gasteiger partial charge >= 0.3 is 6.09 Å². The lowest BCUT2D eigenvalue weighted by atomic mass is 9.86. The monoisotopic (exact) mass is 904 g/mol. The number of alkyl carbamates (subject to hydrolysis) is 1. The molecule has 14 nitrogen and oxygen atoms in total. The predicted molar refractivity (Wildman–Crippen MR) is 252 cm³/mol. The average Bonchev–Trinajstić information content (AvgIpc) is 3.99. The van der Waals surface area contributed by atoms with E-state index in [1.807, 2.05) is 35.9 Å². The van der Waals surface area contributed by atoms with Crippen molar-refractivity contribution in [2.24, 2.45) is 11.8 Å². The number of fused-ring (bicyclic) bond motifs is 6. The maximum Gasteiger partial charge on any atom is 0.407 e. The summed E-state index contributed by atoms with van der Waals surface area (Å²) in [5.41, 5.74) is 11.5. The SMILES string of the molecule is COC(=O)N[C@H](C(=O)N1CCC[C@H]1c1ncc(-c2ccc3c(c2)COc2cc4c(cc2-3)CCc2nc(C3CCCN3C(=O)[C@H](NC(=O)C3CC3)c3cccc(C5CCCC5)c3)[nH]c2-4)[nH]1)C(C)C. The topological polar surface area (TPSA) is 175 Å². The van der Waals surface area contributed by atoms with E-state index in [1.54, 1.807) is 0 Å². The molecule has 11 rings (SSSR count). The van der Waals surface area contributed by atoms with Crippen molar-refractivity contribution in [1.29, 1.82) is 0 Å². The number of carbonyl (C=O) groups excluding carboxylic acids is 4. The lowest BCUT2D eigenvalue weighted by Gasteiger charge is -2.30. The molecule has 14 heteroatoms. The quantitative estimate of drug-likeness (QED) is 0.102. The smallest absolute Gasteiger partial charge is 0.407 e. The molecule has 0 radical (unpaired) electrons. The Balaban J connectivity index is 0.819. The molecule has 3 aliphatic heterocycles. The number of rotatable bonds is 11. The minimum absolute atomic E-state index is 0.00527. The molecule has 0 spiro atoms. The number of amides is 4. The standard InChI is InChI=1S/C53H60N8O6/c1-29(2)45(59-53(65)66-3)51(63)60-21-7-13-42(60)48-54-27-41(56-48)34-17-19-37-36(24-34)28-67-44-26-38-33(25-39(37)44)18-20-40-47(38)57-49(55-40)43-14-8-22-61(43)52(64)46(58-50(62)31-15-16-31)35-12-6-11-32(23-35)30-9-4-5-10-30/h6,11-12,17,19,23-27,29-31,42-43,45-46H,4-5,7-10,13-16,18,20-22,28H2,1-3H3,(H,54,56)(H,55,57)(H,58,62)(H,59,65)/t42-,43?,45-,46+/m0/s1. The van der Waals surface area contributed by atoms with Gasteiger partial charge in [-0.25, -0.2) is 14.8 Å². The highest BCUT2D eigenvalue weighted by molar-refractivity contribution is 5.91. The summed E-state index contributed by atoms with van der Waals surface area (Å²) in [6.45, 7) is 5.44. The van der Waals surface area contributed by atoms with E-state index in [0.29, 0.717) is 25.6 Å². The van der Waals surface area contributed by atoms with Crippen molar-refractivity contribution in [3.8, 4) is 39.4 Å². The number of imidazole rings is 2. The number of aromatic amines is 2. The zero-order valence-corrected chi connectivity index (χ0v) is 38.7. The number of benzene rings is 3. The first-order valence-corrected chi connectivity index (χ1v) is 24.5. The van der Waals surface area contributed by atoms with Gasteiger partial charge in [-0.3, -0.25) is 14.4 Å². The number of carbonyl (C=O) groups is 4. The molecule has 5 aromatic rings. The van der Waals surface area contributed by atoms with Gasteiger partial charge in [0.25, 0.3) is 0 Å². The first-order chi connectivity index (χ1) is 32.6. The van der Waals surface area contributed by atoms with E-state index in [-0.39, 0.29) is 41.6 Å². The fourth-order valence-electron chi connectivity index (χ4n) is 11.4. The normalized spacial score (nSPS) is 20.7. The van der Waals surface area contributed by atoms with Crippen molar-refractivity contribution >= 4 is 23.8 Å². The van der Waals surface area contributed by atoms with Gasteiger partial charge in [-0.15, -0.1) is 0 Å². The Hall–Kier alpha value is -6.44.